The smallest absolute Gasteiger partial charge is 0.349 e. The highest BCUT2D eigenvalue weighted by atomic mass is 16.2. The number of nitrogens with two attached hydrogens (primary N) is 7. The molecule has 0 unspecified atom stereocenters. The van der Waals surface area contributed by atoms with Crippen LogP contribution < -0.4 is 100 Å². The number of carbonyl (C=O) groups excluding carboxylic acids is 14. The maximum atomic E-state index is 14.5. The van der Waals surface area contributed by atoms with Gasteiger partial charge < -0.3 is 125 Å². The van der Waals surface area contributed by atoms with Crippen molar-refractivity contribution in [2.75, 3.05) is 171 Å². The predicted octanol–water partition coefficient (Wildman–Crippen LogP) is -12.1. The number of nitrogens with one attached hydrogen (secondary N) is 8. The highest BCUT2D eigenvalue weighted by Gasteiger charge is 2.30. The van der Waals surface area contributed by atoms with Gasteiger partial charge in [-0.3, -0.25) is 100 Å². The minimum absolute atomic E-state index is 0.00200. The molecule has 0 saturated heterocycles. The van der Waals surface area contributed by atoms with Crippen molar-refractivity contribution in [1.29, 1.82) is 0 Å². The van der Waals surface area contributed by atoms with Gasteiger partial charge in [-0.25, -0.2) is 54.3 Å². The molecule has 736 valence electrons. The van der Waals surface area contributed by atoms with Crippen LogP contribution in [0.25, 0.3) is 44.7 Å². The Morgan fingerprint density at radius 1 is 0.317 bits per heavy atom. The Labute approximate surface area is 782 Å². The molecule has 0 aromatic carbocycles. The number of rotatable bonds is 49. The Morgan fingerprint density at radius 2 is 0.561 bits per heavy atom. The van der Waals surface area contributed by atoms with E-state index in [2.05, 4.69) is 107 Å². The van der Waals surface area contributed by atoms with Gasteiger partial charge in [-0.1, -0.05) is 20.8 Å². The van der Waals surface area contributed by atoms with Crippen molar-refractivity contribution in [1.82, 2.24) is 173 Å². The number of carbonyl (C=O) groups is 14. The van der Waals surface area contributed by atoms with Gasteiger partial charge in [-0.15, -0.1) is 0 Å². The third-order valence-electron chi connectivity index (χ3n) is 20.9. The molecule has 22 N–H and O–H groups in total. The molecule has 0 radical (unpaired) electrons. The van der Waals surface area contributed by atoms with Crippen LogP contribution in [0, 0.1) is 5.92 Å². The Balaban J connectivity index is 0.742. The van der Waals surface area contributed by atoms with E-state index in [0.717, 1.165) is 63.4 Å². The number of hydrogen-bond acceptors (Lipinski definition) is 39. The van der Waals surface area contributed by atoms with E-state index in [-0.39, 0.29) is 137 Å². The lowest BCUT2D eigenvalue weighted by Gasteiger charge is -2.26. The summed E-state index contributed by atoms with van der Waals surface area (Å²) in [7, 11) is 0. The standard InChI is InChI=1S/C78H100N42O19/c1-4-14-107(55(128)31-114-15-5-46(79)100-76(114)137)25-49(122)87-11-23-113(61(134)37-120-43-99-65-71(120)104-75(85)106-73(65)136)30-54(127)89-10-20-110(57(130)33-116-17-7-48(81)102-78(116)139)27-51(124)91-13-22-112(60(133)35-118-41-97-63-67(83)93-39-95-69(63)118)29-53(126)88-9-19-109(56(129)32-115-16-6-47(80)101-77(115)138)26-50(123)90-12-21-111(59(132)34-117-40-96-62-66(82)92-38-94-68(62)117)28-52(125)86-8-18-108(24-45(121)44(2)3)58(131)36-119-42-98-64-70(119)103-74(84)105-72(64)135/h5-7,15-17,38-44H,4,8-14,18-37H2,1-3H3,(H,86,125)(H,87,122)(H,88,126)(H,89,127)(H,90,123)(H,91,124)(H2,79,100,137)(H2,80,101,138)(H2,81,102,139)(H2,82,92,94)(H2,83,93,95)(H3,84,103,105,135)(H3,85,104,106,136). The third-order valence-corrected chi connectivity index (χ3v) is 20.9. The zero-order chi connectivity index (χ0) is 100. The average Bonchev–Trinajstić information content (AvgIpc) is 1.65. The summed E-state index contributed by atoms with van der Waals surface area (Å²) in [5.74, 6) is -12.2. The summed E-state index contributed by atoms with van der Waals surface area (Å²) in [6.07, 6.45) is 11.1. The third kappa shape index (κ3) is 28.0. The fraction of sp³-hybridized carbons (Fsp3) is 0.410. The molecule has 11 rings (SSSR count). The van der Waals surface area contributed by atoms with Crippen LogP contribution >= 0.6 is 0 Å². The van der Waals surface area contributed by atoms with Crippen molar-refractivity contribution in [3.8, 4) is 0 Å². The van der Waals surface area contributed by atoms with Crippen LogP contribution in [0.5, 0.6) is 0 Å². The Hall–Kier alpha value is -18.2. The van der Waals surface area contributed by atoms with Gasteiger partial charge >= 0.3 is 17.1 Å². The maximum Gasteiger partial charge on any atom is 0.349 e. The van der Waals surface area contributed by atoms with E-state index >= 15 is 0 Å². The van der Waals surface area contributed by atoms with Gasteiger partial charge in [0.05, 0.1) is 71.1 Å². The number of aromatic amines is 2. The monoisotopic (exact) mass is 1930 g/mol. The van der Waals surface area contributed by atoms with E-state index < -0.39 is 242 Å². The Morgan fingerprint density at radius 3 is 0.820 bits per heavy atom. The summed E-state index contributed by atoms with van der Waals surface area (Å²) in [6.45, 7) is -8.23. The van der Waals surface area contributed by atoms with Gasteiger partial charge in [0, 0.05) is 110 Å². The van der Waals surface area contributed by atoms with Crippen molar-refractivity contribution in [2.45, 2.75) is 73.0 Å². The number of Topliss-reactive ketones (excluding diaryl/α,β-unsaturated/α-hetero) is 1. The first-order chi connectivity index (χ1) is 66.3. The Kier molecular flexibility index (Phi) is 34.2. The van der Waals surface area contributed by atoms with Crippen LogP contribution in [0.2, 0.25) is 0 Å². The number of amides is 13. The molecule has 0 aliphatic heterocycles. The maximum absolute atomic E-state index is 14.5. The Bertz CT molecular complexity index is 6790. The largest absolute Gasteiger partial charge is 0.383 e. The summed E-state index contributed by atoms with van der Waals surface area (Å²) in [6, 6.07) is 3.77. The molecule has 61 heteroatoms. The summed E-state index contributed by atoms with van der Waals surface area (Å²) in [4.78, 5) is 323. The minimum atomic E-state index is -0.955. The zero-order valence-corrected chi connectivity index (χ0v) is 75.2. The van der Waals surface area contributed by atoms with Crippen molar-refractivity contribution < 1.29 is 67.1 Å². The van der Waals surface area contributed by atoms with Crippen molar-refractivity contribution in [3.05, 3.63) is 127 Å². The number of nitrogens with zero attached hydrogens (tertiary/aromatic N) is 27. The van der Waals surface area contributed by atoms with Crippen molar-refractivity contribution in [3.63, 3.8) is 0 Å². The minimum Gasteiger partial charge on any atom is -0.383 e. The molecule has 0 atom stereocenters. The van der Waals surface area contributed by atoms with Crippen molar-refractivity contribution >= 4 is 168 Å². The summed E-state index contributed by atoms with van der Waals surface area (Å²) >= 11 is 0. The molecule has 13 amide bonds. The fourth-order valence-electron chi connectivity index (χ4n) is 13.7. The van der Waals surface area contributed by atoms with E-state index in [0.29, 0.717) is 6.42 Å². The molecule has 11 aromatic rings. The first-order valence-corrected chi connectivity index (χ1v) is 42.7. The van der Waals surface area contributed by atoms with Crippen LogP contribution in [0.15, 0.2) is 98.7 Å². The molecule has 11 heterocycles. The molecule has 0 bridgehead atoms. The van der Waals surface area contributed by atoms with Gasteiger partial charge in [0.15, 0.2) is 51.0 Å². The number of fused-ring (bicyclic) bond motifs is 4. The second-order valence-electron chi connectivity index (χ2n) is 31.3. The molecule has 0 saturated carbocycles. The molecule has 11 aromatic heterocycles. The quantitative estimate of drug-likeness (QED) is 0.0168. The summed E-state index contributed by atoms with van der Waals surface area (Å²) in [5, 5.41) is 15.6. The van der Waals surface area contributed by atoms with E-state index in [1.807, 2.05) is 0 Å². The number of ketones is 1. The SMILES string of the molecule is CCCN(CC(=O)NCCN(CC(=O)NCCN(CC(=O)NCCN(CC(=O)NCCN(CC(=O)NCCN(CC(=O)NCCN(CC(=O)C(C)C)C(=O)Cn1cnc2c(=O)[nH]c(N)nc21)C(=O)Cn1cnc2c(N)ncnc21)C(=O)Cn1ccc(N)nc1=O)C(=O)Cn1cnc2c(N)ncnc21)C(=O)Cn1ccc(N)nc1=O)C(=O)Cn1cnc2c(=O)[nH]c(N)nc21)C(=O)Cn1ccc(N)nc1=O. The van der Waals surface area contributed by atoms with Gasteiger partial charge in [0.1, 0.15) is 87.0 Å². The second kappa shape index (κ2) is 46.9. The average molecular weight is 1930 g/mol. The number of hydrogen-bond donors (Lipinski definition) is 15. The predicted molar refractivity (Wildman–Crippen MR) is 488 cm³/mol. The lowest BCUT2D eigenvalue weighted by Crippen LogP contribution is -2.50. The second-order valence-corrected chi connectivity index (χ2v) is 31.3. The van der Waals surface area contributed by atoms with E-state index in [1.54, 1.807) is 20.8 Å². The zero-order valence-electron chi connectivity index (χ0n) is 75.2. The van der Waals surface area contributed by atoms with E-state index in [9.17, 15) is 91.1 Å². The lowest BCUT2D eigenvalue weighted by molar-refractivity contribution is -0.138. The normalized spacial score (nSPS) is 11.2. The topological polar surface area (TPSA) is 835 Å². The molecule has 0 fully saturated rings. The number of nitrogen functional groups attached to an aromatic ring is 7. The van der Waals surface area contributed by atoms with Crippen LogP contribution in [0.4, 0.5) is 41.0 Å². The first kappa shape index (κ1) is 101. The molecule has 0 spiro atoms. The first-order valence-electron chi connectivity index (χ1n) is 42.7. The number of imidazole rings is 4. The molecule has 0 aliphatic carbocycles. The summed E-state index contributed by atoms with van der Waals surface area (Å²) < 4.78 is 7.85. The van der Waals surface area contributed by atoms with E-state index in [4.69, 9.17) is 40.1 Å². The summed E-state index contributed by atoms with van der Waals surface area (Å²) in [5.41, 5.74) is 36.8. The van der Waals surface area contributed by atoms with Crippen molar-refractivity contribution in [2.24, 2.45) is 5.92 Å². The number of anilines is 7. The number of aromatic nitrogens is 22. The van der Waals surface area contributed by atoms with Gasteiger partial charge in [0.2, 0.25) is 88.7 Å². The number of H-pyrrole nitrogens is 2. The molecular weight excluding hydrogens is 1830 g/mol. The van der Waals surface area contributed by atoms with Gasteiger partial charge in [0.25, 0.3) is 11.1 Å². The van der Waals surface area contributed by atoms with E-state index in [1.165, 1.54) is 77.6 Å². The highest BCUT2D eigenvalue weighted by Crippen LogP contribution is 2.18. The lowest BCUT2D eigenvalue weighted by atomic mass is 10.1. The molecule has 0 aliphatic rings. The molecular formula is C78H100N42O19. The van der Waals surface area contributed by atoms with Crippen LogP contribution in [0.1, 0.15) is 27.2 Å². The van der Waals surface area contributed by atoms with Crippen LogP contribution in [-0.4, -0.2) is 355 Å². The molecule has 61 nitrogen and oxygen atoms in total. The highest BCUT2D eigenvalue weighted by molar-refractivity contribution is 5.92. The fourth-order valence-corrected chi connectivity index (χ4v) is 13.7. The van der Waals surface area contributed by atoms with Gasteiger partial charge in [-0.05, 0) is 24.6 Å². The molecule has 139 heavy (non-hydrogen) atoms. The van der Waals surface area contributed by atoms with Crippen LogP contribution in [-0.2, 0) is 113 Å². The van der Waals surface area contributed by atoms with Gasteiger partial charge in [-0.2, -0.15) is 24.9 Å². The van der Waals surface area contributed by atoms with Crippen LogP contribution in [0.3, 0.4) is 0 Å².